The molecule has 0 bridgehead atoms. The first-order valence-electron chi connectivity index (χ1n) is 6.76. The maximum Gasteiger partial charge on any atom is 0.0285 e. The van der Waals surface area contributed by atoms with Crippen LogP contribution in [0.2, 0.25) is 0 Å². The van der Waals surface area contributed by atoms with Gasteiger partial charge in [0.05, 0.1) is 0 Å². The highest BCUT2D eigenvalue weighted by Crippen LogP contribution is 2.22. The average Bonchev–Trinajstić information content (AvgIpc) is 3.01. The van der Waals surface area contributed by atoms with Gasteiger partial charge in [0, 0.05) is 25.6 Å². The zero-order valence-electron chi connectivity index (χ0n) is 11.2. The maximum atomic E-state index is 3.62. The van der Waals surface area contributed by atoms with Crippen LogP contribution >= 0.6 is 38.6 Å². The van der Waals surface area contributed by atoms with Crippen molar-refractivity contribution in [1.82, 2.24) is 5.32 Å². The molecule has 4 heteroatoms. The normalized spacial score (nSPS) is 12.7. The van der Waals surface area contributed by atoms with Crippen LogP contribution in [0.5, 0.6) is 0 Å². The summed E-state index contributed by atoms with van der Waals surface area (Å²) in [5.41, 5.74) is 0. The van der Waals surface area contributed by atoms with Gasteiger partial charge in [-0.25, -0.2) is 0 Å². The van der Waals surface area contributed by atoms with Gasteiger partial charge in [0.25, 0.3) is 0 Å². The fourth-order valence-electron chi connectivity index (χ4n) is 2.25. The second kappa shape index (κ2) is 8.20. The molecule has 1 nitrogen and oxygen atoms in total. The predicted molar refractivity (Wildman–Crippen MR) is 90.4 cm³/mol. The molecule has 0 aliphatic heterocycles. The van der Waals surface area contributed by atoms with Crippen LogP contribution in [0.3, 0.4) is 0 Å². The highest BCUT2D eigenvalue weighted by Gasteiger charge is 2.10. The van der Waals surface area contributed by atoms with Gasteiger partial charge >= 0.3 is 0 Å². The van der Waals surface area contributed by atoms with E-state index in [1.807, 2.05) is 22.7 Å². The lowest BCUT2D eigenvalue weighted by molar-refractivity contribution is 0.479. The molecule has 2 aromatic rings. The second-order valence-corrected chi connectivity index (χ2v) is 7.61. The average molecular weight is 358 g/mol. The molecule has 0 spiro atoms. The zero-order chi connectivity index (χ0) is 13.5. The van der Waals surface area contributed by atoms with E-state index in [4.69, 9.17) is 0 Å². The van der Waals surface area contributed by atoms with Crippen LogP contribution in [-0.2, 0) is 12.8 Å². The standard InChI is InChI=1S/C15H20BrNS2/c1-2-17-13(10-15-9-12(16)11-19-15)5-3-6-14-7-4-8-18-14/h4,7-9,11,13,17H,2-3,5-6,10H2,1H3. The third kappa shape index (κ3) is 5.38. The van der Waals surface area contributed by atoms with Crippen molar-refractivity contribution in [2.24, 2.45) is 0 Å². The van der Waals surface area contributed by atoms with Gasteiger partial charge in [0.2, 0.25) is 0 Å². The van der Waals surface area contributed by atoms with Crippen molar-refractivity contribution in [2.45, 2.75) is 38.6 Å². The Balaban J connectivity index is 1.78. The summed E-state index contributed by atoms with van der Waals surface area (Å²) < 4.78 is 1.21. The zero-order valence-corrected chi connectivity index (χ0v) is 14.4. The number of hydrogen-bond donors (Lipinski definition) is 1. The summed E-state index contributed by atoms with van der Waals surface area (Å²) in [7, 11) is 0. The van der Waals surface area contributed by atoms with E-state index in [1.165, 1.54) is 33.5 Å². The molecule has 0 amide bonds. The minimum Gasteiger partial charge on any atom is -0.314 e. The van der Waals surface area contributed by atoms with Gasteiger partial charge in [-0.3, -0.25) is 0 Å². The fourth-order valence-corrected chi connectivity index (χ4v) is 4.53. The van der Waals surface area contributed by atoms with Gasteiger partial charge in [-0.05, 0) is 65.7 Å². The first-order chi connectivity index (χ1) is 9.28. The molecule has 0 aliphatic rings. The second-order valence-electron chi connectivity index (χ2n) is 4.66. The molecule has 2 rings (SSSR count). The van der Waals surface area contributed by atoms with E-state index in [1.54, 1.807) is 0 Å². The minimum atomic E-state index is 0.607. The summed E-state index contributed by atoms with van der Waals surface area (Å²) in [5.74, 6) is 0. The number of nitrogens with one attached hydrogen (secondary N) is 1. The Hall–Kier alpha value is -0.160. The Labute approximate surface area is 132 Å². The van der Waals surface area contributed by atoms with Gasteiger partial charge in [-0.1, -0.05) is 13.0 Å². The Kier molecular flexibility index (Phi) is 6.57. The first-order valence-corrected chi connectivity index (χ1v) is 9.32. The van der Waals surface area contributed by atoms with E-state index in [9.17, 15) is 0 Å². The molecule has 0 aromatic carbocycles. The summed E-state index contributed by atoms with van der Waals surface area (Å²) in [6.45, 7) is 3.24. The number of thiophene rings is 2. The molecule has 2 heterocycles. The van der Waals surface area contributed by atoms with Gasteiger partial charge in [0.1, 0.15) is 0 Å². The van der Waals surface area contributed by atoms with Gasteiger partial charge in [-0.2, -0.15) is 0 Å². The van der Waals surface area contributed by atoms with Crippen LogP contribution in [0.1, 0.15) is 29.5 Å². The van der Waals surface area contributed by atoms with Gasteiger partial charge in [0.15, 0.2) is 0 Å². The van der Waals surface area contributed by atoms with Crippen molar-refractivity contribution in [3.05, 3.63) is 43.2 Å². The third-order valence-electron chi connectivity index (χ3n) is 3.12. The Bertz CT molecular complexity index is 464. The molecular formula is C15H20BrNS2. The van der Waals surface area contributed by atoms with Crippen LogP contribution in [0.15, 0.2) is 33.4 Å². The van der Waals surface area contributed by atoms with E-state index in [2.05, 4.69) is 57.1 Å². The summed E-state index contributed by atoms with van der Waals surface area (Å²) in [6, 6.07) is 7.23. The molecule has 1 N–H and O–H groups in total. The number of likely N-dealkylation sites (N-methyl/N-ethyl adjacent to an activating group) is 1. The van der Waals surface area contributed by atoms with Crippen LogP contribution < -0.4 is 5.32 Å². The molecule has 1 unspecified atom stereocenters. The van der Waals surface area contributed by atoms with Crippen LogP contribution in [0.4, 0.5) is 0 Å². The molecule has 0 radical (unpaired) electrons. The van der Waals surface area contributed by atoms with E-state index >= 15 is 0 Å². The largest absolute Gasteiger partial charge is 0.314 e. The molecule has 0 saturated heterocycles. The lowest BCUT2D eigenvalue weighted by Crippen LogP contribution is -2.30. The molecule has 19 heavy (non-hydrogen) atoms. The highest BCUT2D eigenvalue weighted by atomic mass is 79.9. The highest BCUT2D eigenvalue weighted by molar-refractivity contribution is 9.10. The topological polar surface area (TPSA) is 12.0 Å². The van der Waals surface area contributed by atoms with Gasteiger partial charge in [-0.15, -0.1) is 22.7 Å². The van der Waals surface area contributed by atoms with Crippen LogP contribution in [0, 0.1) is 0 Å². The summed E-state index contributed by atoms with van der Waals surface area (Å²) in [4.78, 5) is 2.98. The van der Waals surface area contributed by atoms with Crippen LogP contribution in [-0.4, -0.2) is 12.6 Å². The van der Waals surface area contributed by atoms with Crippen molar-refractivity contribution < 1.29 is 0 Å². The van der Waals surface area contributed by atoms with Gasteiger partial charge < -0.3 is 5.32 Å². The number of aryl methyl sites for hydroxylation is 1. The third-order valence-corrected chi connectivity index (χ3v) is 5.77. The number of hydrogen-bond acceptors (Lipinski definition) is 3. The van der Waals surface area contributed by atoms with E-state index in [0.717, 1.165) is 13.0 Å². The molecule has 0 saturated carbocycles. The molecule has 104 valence electrons. The minimum absolute atomic E-state index is 0.607. The molecular weight excluding hydrogens is 338 g/mol. The first kappa shape index (κ1) is 15.2. The summed E-state index contributed by atoms with van der Waals surface area (Å²) >= 11 is 7.25. The van der Waals surface area contributed by atoms with Crippen LogP contribution in [0.25, 0.3) is 0 Å². The molecule has 2 aromatic heterocycles. The van der Waals surface area contributed by atoms with Crippen molar-refractivity contribution in [2.75, 3.05) is 6.54 Å². The monoisotopic (exact) mass is 357 g/mol. The maximum absolute atomic E-state index is 3.62. The lowest BCUT2D eigenvalue weighted by Gasteiger charge is -2.16. The van der Waals surface area contributed by atoms with Crippen molar-refractivity contribution in [3.8, 4) is 0 Å². The molecule has 0 aliphatic carbocycles. The Morgan fingerprint density at radius 1 is 1.32 bits per heavy atom. The van der Waals surface area contributed by atoms with E-state index < -0.39 is 0 Å². The van der Waals surface area contributed by atoms with Crippen molar-refractivity contribution in [1.29, 1.82) is 0 Å². The van der Waals surface area contributed by atoms with E-state index in [0.29, 0.717) is 6.04 Å². The number of rotatable bonds is 8. The van der Waals surface area contributed by atoms with E-state index in [-0.39, 0.29) is 0 Å². The summed E-state index contributed by atoms with van der Waals surface area (Å²) in [6.07, 6.45) is 4.88. The SMILES string of the molecule is CCNC(CCCc1cccs1)Cc1cc(Br)cs1. The fraction of sp³-hybridized carbons (Fsp3) is 0.467. The quantitative estimate of drug-likeness (QED) is 0.691. The summed E-state index contributed by atoms with van der Waals surface area (Å²) in [5, 5.41) is 7.95. The lowest BCUT2D eigenvalue weighted by atomic mass is 10.0. The predicted octanol–water partition coefficient (Wildman–Crippen LogP) is 5.12. The smallest absolute Gasteiger partial charge is 0.0285 e. The van der Waals surface area contributed by atoms with Crippen molar-refractivity contribution >= 4 is 38.6 Å². The Morgan fingerprint density at radius 2 is 2.21 bits per heavy atom. The number of halogens is 1. The van der Waals surface area contributed by atoms with Crippen molar-refractivity contribution in [3.63, 3.8) is 0 Å². The Morgan fingerprint density at radius 3 is 2.84 bits per heavy atom. The molecule has 0 fully saturated rings. The molecule has 1 atom stereocenters.